The Morgan fingerprint density at radius 3 is 0.400 bits per heavy atom. The van der Waals surface area contributed by atoms with Crippen LogP contribution in [0.2, 0.25) is 0 Å². The van der Waals surface area contributed by atoms with E-state index in [0.717, 1.165) is 0 Å². The van der Waals surface area contributed by atoms with E-state index >= 15 is 0 Å². The molecule has 0 aromatic carbocycles. The molecule has 0 aliphatic carbocycles. The summed E-state index contributed by atoms with van der Waals surface area (Å²) in [5, 5.41) is 0. The van der Waals surface area contributed by atoms with Gasteiger partial charge in [0.1, 0.15) is 34.7 Å². The smallest absolute Gasteiger partial charge is 0.324 e. The summed E-state index contributed by atoms with van der Waals surface area (Å²) in [7, 11) is 0. The van der Waals surface area contributed by atoms with Crippen molar-refractivity contribution >= 4 is 34.7 Å². The van der Waals surface area contributed by atoms with Crippen LogP contribution in [0.1, 0.15) is 0 Å². The standard InChI is InChI=1S/3C5HF6O2.Co/c3*6-4(7,8)2(12)1-3(13)5(9,10)11;/h3*1H;/q3*-1;+3. The van der Waals surface area contributed by atoms with Gasteiger partial charge in [-0.2, -0.15) is 79.0 Å². The second-order valence-electron chi connectivity index (χ2n) is 5.61. The van der Waals surface area contributed by atoms with Crippen molar-refractivity contribution in [3.63, 3.8) is 0 Å². The summed E-state index contributed by atoms with van der Waals surface area (Å²) < 4.78 is 203. The Bertz CT molecular complexity index is 726. The second kappa shape index (κ2) is 15.0. The fraction of sp³-hybridized carbons (Fsp3) is 0.400. The second-order valence-corrected chi connectivity index (χ2v) is 5.61. The molecule has 234 valence electrons. The molecule has 0 aliphatic rings. The number of hydrogen-bond acceptors (Lipinski definition) is 6. The fourth-order valence-corrected chi connectivity index (χ4v) is 0.848. The minimum Gasteiger partial charge on any atom is -0.324 e. The third kappa shape index (κ3) is 19.9. The number of rotatable bonds is 6. The van der Waals surface area contributed by atoms with Crippen molar-refractivity contribution in [2.24, 2.45) is 0 Å². The molecule has 0 atom stereocenters. The number of halogens is 18. The third-order valence-electron chi connectivity index (χ3n) is 2.46. The van der Waals surface area contributed by atoms with Gasteiger partial charge in [0.2, 0.25) is 0 Å². The van der Waals surface area contributed by atoms with Gasteiger partial charge < -0.3 is 28.8 Å². The number of ketones is 6. The maximum absolute atomic E-state index is 11.3. The van der Waals surface area contributed by atoms with Crippen molar-refractivity contribution in [3.05, 3.63) is 19.3 Å². The van der Waals surface area contributed by atoms with E-state index in [1.165, 1.54) is 0 Å². The Morgan fingerprint density at radius 2 is 0.350 bits per heavy atom. The minimum atomic E-state index is -5.46. The van der Waals surface area contributed by atoms with Crippen molar-refractivity contribution in [1.29, 1.82) is 0 Å². The fourth-order valence-electron chi connectivity index (χ4n) is 0.848. The summed E-state index contributed by atoms with van der Waals surface area (Å²) >= 11 is 0. The molecular weight excluding hydrogens is 677 g/mol. The Kier molecular flexibility index (Phi) is 16.5. The number of carbonyl (C=O) groups is 6. The van der Waals surface area contributed by atoms with Gasteiger partial charge in [0.05, 0.1) is 0 Å². The van der Waals surface area contributed by atoms with E-state index in [2.05, 4.69) is 0 Å². The molecule has 0 fully saturated rings. The van der Waals surface area contributed by atoms with E-state index in [-0.39, 0.29) is 16.8 Å². The average Bonchev–Trinajstić information content (AvgIpc) is 2.64. The van der Waals surface area contributed by atoms with Crippen LogP contribution < -0.4 is 0 Å². The third-order valence-corrected chi connectivity index (χ3v) is 2.46. The van der Waals surface area contributed by atoms with Crippen LogP contribution >= 0.6 is 0 Å². The average molecular weight is 680 g/mol. The number of carbonyl (C=O) groups excluding carboxylic acids is 6. The molecule has 0 N–H and O–H groups in total. The van der Waals surface area contributed by atoms with E-state index in [4.69, 9.17) is 0 Å². The van der Waals surface area contributed by atoms with Crippen molar-refractivity contribution in [2.75, 3.05) is 0 Å². The molecule has 0 spiro atoms. The van der Waals surface area contributed by atoms with Crippen LogP contribution in [0.3, 0.4) is 0 Å². The Morgan fingerprint density at radius 1 is 0.275 bits per heavy atom. The maximum Gasteiger partial charge on any atom is 3.00 e. The molecule has 40 heavy (non-hydrogen) atoms. The minimum absolute atomic E-state index is 0. The quantitative estimate of drug-likeness (QED) is 0.235. The molecule has 0 saturated carbocycles. The molecule has 0 unspecified atom stereocenters. The van der Waals surface area contributed by atoms with Crippen molar-refractivity contribution in [2.45, 2.75) is 37.1 Å². The number of alkyl halides is 18. The predicted octanol–water partition coefficient (Wildman–Crippen LogP) is 4.36. The van der Waals surface area contributed by atoms with Crippen LogP contribution in [0.4, 0.5) is 79.0 Å². The van der Waals surface area contributed by atoms with Crippen molar-refractivity contribution < 1.29 is 125 Å². The van der Waals surface area contributed by atoms with Crippen LogP contribution in [0, 0.1) is 19.3 Å². The molecule has 0 rings (SSSR count). The summed E-state index contributed by atoms with van der Waals surface area (Å²) in [6, 6.07) is 0. The molecule has 0 aromatic heterocycles. The first-order chi connectivity index (χ1) is 16.6. The maximum atomic E-state index is 11.3. The summed E-state index contributed by atoms with van der Waals surface area (Å²) in [4.78, 5) is 58.9. The van der Waals surface area contributed by atoms with Crippen molar-refractivity contribution in [1.82, 2.24) is 0 Å². The van der Waals surface area contributed by atoms with E-state index in [1.807, 2.05) is 0 Å². The van der Waals surface area contributed by atoms with E-state index in [9.17, 15) is 108 Å². The van der Waals surface area contributed by atoms with E-state index in [1.54, 1.807) is 0 Å². The summed E-state index contributed by atoms with van der Waals surface area (Å²) in [6.45, 7) is 0. The van der Waals surface area contributed by atoms with E-state index in [0.29, 0.717) is 0 Å². The summed E-state index contributed by atoms with van der Waals surface area (Å²) in [6.07, 6.45) is -35.8. The van der Waals surface area contributed by atoms with Gasteiger partial charge in [-0.05, 0) is 0 Å². The zero-order valence-electron chi connectivity index (χ0n) is 17.3. The molecule has 6 nitrogen and oxygen atoms in total. The first-order valence-electron chi connectivity index (χ1n) is 7.86. The van der Waals surface area contributed by atoms with Gasteiger partial charge in [-0.3, -0.25) is 0 Å². The molecule has 0 aromatic rings. The largest absolute Gasteiger partial charge is 3.00 e. The molecule has 0 heterocycles. The molecule has 0 aliphatic heterocycles. The molecule has 0 saturated heterocycles. The SMILES string of the molecule is O=C([CH-]C(=O)C(F)(F)F)C(F)(F)F.O=C([CH-]C(=O)C(F)(F)F)C(F)(F)F.O=C([CH-]C(=O)C(F)(F)F)C(F)(F)F.[Co+3]. The summed E-state index contributed by atoms with van der Waals surface area (Å²) in [5.74, 6) is -16.9. The van der Waals surface area contributed by atoms with Gasteiger partial charge in [-0.25, -0.2) is 19.3 Å². The zero-order valence-corrected chi connectivity index (χ0v) is 18.4. The van der Waals surface area contributed by atoms with Gasteiger partial charge in [-0.15, -0.1) is 0 Å². The first-order valence-corrected chi connectivity index (χ1v) is 7.86. The zero-order chi connectivity index (χ0) is 32.6. The first kappa shape index (κ1) is 43.9. The van der Waals surface area contributed by atoms with Gasteiger partial charge in [0.25, 0.3) is 0 Å². The normalized spacial score (nSPS) is 12.2. The van der Waals surface area contributed by atoms with Crippen LogP contribution in [0.25, 0.3) is 0 Å². The molecule has 25 heteroatoms. The van der Waals surface area contributed by atoms with Gasteiger partial charge >= 0.3 is 53.8 Å². The van der Waals surface area contributed by atoms with Gasteiger partial charge in [0.15, 0.2) is 0 Å². The van der Waals surface area contributed by atoms with Crippen LogP contribution in [0.5, 0.6) is 0 Å². The molecule has 0 radical (unpaired) electrons. The number of hydrogen-bond donors (Lipinski definition) is 0. The van der Waals surface area contributed by atoms with E-state index < -0.39 is 91.0 Å². The van der Waals surface area contributed by atoms with Crippen LogP contribution in [-0.4, -0.2) is 71.8 Å². The van der Waals surface area contributed by atoms with Gasteiger partial charge in [0, 0.05) is 0 Å². The Hall–Kier alpha value is -3.12. The monoisotopic (exact) mass is 680 g/mol. The molecular formula is C15H3CoF18O6. The predicted molar refractivity (Wildman–Crippen MR) is 79.3 cm³/mol. The van der Waals surface area contributed by atoms with Crippen molar-refractivity contribution in [3.8, 4) is 0 Å². The number of Topliss-reactive ketones (excluding diaryl/α,β-unsaturated/α-hetero) is 6. The van der Waals surface area contributed by atoms with Gasteiger partial charge in [-0.1, -0.05) is 0 Å². The topological polar surface area (TPSA) is 102 Å². The Balaban J connectivity index is -0.000000240. The van der Waals surface area contributed by atoms with Crippen LogP contribution in [-0.2, 0) is 45.5 Å². The molecule has 0 amide bonds. The summed E-state index contributed by atoms with van der Waals surface area (Å²) in [5.41, 5.74) is 0. The van der Waals surface area contributed by atoms with Crippen LogP contribution in [0.15, 0.2) is 0 Å². The molecule has 0 bridgehead atoms. The Labute approximate surface area is 216 Å².